The first kappa shape index (κ1) is 17.8. The van der Waals surface area contributed by atoms with E-state index in [9.17, 15) is 14.4 Å². The van der Waals surface area contributed by atoms with Crippen LogP contribution in [0.4, 0.5) is 11.4 Å². The monoisotopic (exact) mass is 393 g/mol. The summed E-state index contributed by atoms with van der Waals surface area (Å²) in [6.07, 6.45) is 1.48. The maximum absolute atomic E-state index is 12.6. The van der Waals surface area contributed by atoms with Gasteiger partial charge in [-0.15, -0.1) is 0 Å². The first-order valence-electron chi connectivity index (χ1n) is 9.36. The molecule has 0 aliphatic carbocycles. The highest BCUT2D eigenvalue weighted by Gasteiger charge is 2.37. The highest BCUT2D eigenvalue weighted by molar-refractivity contribution is 6.33. The number of rotatable bonds is 3. The molecule has 6 nitrogen and oxygen atoms in total. The molecule has 0 saturated heterocycles. The van der Waals surface area contributed by atoms with Gasteiger partial charge in [0, 0.05) is 17.4 Å². The van der Waals surface area contributed by atoms with E-state index in [0.717, 1.165) is 15.7 Å². The lowest BCUT2D eigenvalue weighted by Crippen LogP contribution is -2.29. The summed E-state index contributed by atoms with van der Waals surface area (Å²) in [5, 5.41) is 5.00. The van der Waals surface area contributed by atoms with E-state index < -0.39 is 11.8 Å². The molecule has 4 aromatic rings. The Morgan fingerprint density at radius 2 is 1.57 bits per heavy atom. The summed E-state index contributed by atoms with van der Waals surface area (Å²) in [5.74, 6) is -1.17. The van der Waals surface area contributed by atoms with Gasteiger partial charge < -0.3 is 5.32 Å². The number of carbonyl (C=O) groups excluding carboxylic acids is 3. The molecule has 0 atom stereocenters. The summed E-state index contributed by atoms with van der Waals surface area (Å²) in [6.45, 7) is 0. The van der Waals surface area contributed by atoms with Crippen molar-refractivity contribution in [2.45, 2.75) is 0 Å². The highest BCUT2D eigenvalue weighted by Crippen LogP contribution is 2.27. The fourth-order valence-corrected chi connectivity index (χ4v) is 3.53. The zero-order valence-corrected chi connectivity index (χ0v) is 15.7. The Morgan fingerprint density at radius 3 is 2.33 bits per heavy atom. The summed E-state index contributed by atoms with van der Waals surface area (Å²) >= 11 is 0. The first-order valence-corrected chi connectivity index (χ1v) is 9.36. The average molecular weight is 393 g/mol. The van der Waals surface area contributed by atoms with E-state index in [4.69, 9.17) is 0 Å². The molecule has 144 valence electrons. The second-order valence-corrected chi connectivity index (χ2v) is 6.91. The molecule has 0 radical (unpaired) electrons. The van der Waals surface area contributed by atoms with Gasteiger partial charge in [-0.2, -0.15) is 0 Å². The van der Waals surface area contributed by atoms with Gasteiger partial charge in [-0.25, -0.2) is 4.90 Å². The number of hydrogen-bond donors (Lipinski definition) is 1. The van der Waals surface area contributed by atoms with Gasteiger partial charge in [0.1, 0.15) is 5.69 Å². The third-order valence-corrected chi connectivity index (χ3v) is 5.04. The number of nitrogens with one attached hydrogen (secondary N) is 1. The number of fused-ring (bicyclic) bond motifs is 2. The van der Waals surface area contributed by atoms with Gasteiger partial charge in [0.2, 0.25) is 0 Å². The molecule has 0 bridgehead atoms. The van der Waals surface area contributed by atoms with Gasteiger partial charge in [0.25, 0.3) is 17.7 Å². The zero-order chi connectivity index (χ0) is 20.7. The Balaban J connectivity index is 1.36. The van der Waals surface area contributed by atoms with Crippen LogP contribution >= 0.6 is 0 Å². The molecule has 5 rings (SSSR count). The molecule has 1 aliphatic rings. The Hall–Kier alpha value is -4.32. The maximum atomic E-state index is 12.6. The van der Waals surface area contributed by atoms with Crippen LogP contribution in [0.1, 0.15) is 31.2 Å². The van der Waals surface area contributed by atoms with E-state index in [2.05, 4.69) is 10.3 Å². The van der Waals surface area contributed by atoms with Crippen molar-refractivity contribution in [1.82, 2.24) is 4.98 Å². The number of anilines is 2. The van der Waals surface area contributed by atoms with Gasteiger partial charge >= 0.3 is 0 Å². The molecule has 2 heterocycles. The molecule has 0 unspecified atom stereocenters. The molecule has 1 aromatic heterocycles. The smallest absolute Gasteiger partial charge is 0.284 e. The van der Waals surface area contributed by atoms with Crippen molar-refractivity contribution in [3.8, 4) is 0 Å². The van der Waals surface area contributed by atoms with Crippen LogP contribution in [0.2, 0.25) is 0 Å². The van der Waals surface area contributed by atoms with Crippen LogP contribution in [0.15, 0.2) is 85.1 Å². The fraction of sp³-hybridized carbons (Fsp3) is 0. The van der Waals surface area contributed by atoms with Crippen molar-refractivity contribution in [2.75, 3.05) is 10.2 Å². The van der Waals surface area contributed by atoms with Crippen molar-refractivity contribution in [3.05, 3.63) is 102 Å². The predicted octanol–water partition coefficient (Wildman–Crippen LogP) is 4.29. The van der Waals surface area contributed by atoms with Crippen LogP contribution in [0, 0.1) is 0 Å². The lowest BCUT2D eigenvalue weighted by molar-refractivity contribution is 0.0924. The molecule has 0 fully saturated rings. The van der Waals surface area contributed by atoms with E-state index in [1.54, 1.807) is 36.4 Å². The minimum absolute atomic E-state index is 0.139. The van der Waals surface area contributed by atoms with Crippen molar-refractivity contribution in [1.29, 1.82) is 0 Å². The topological polar surface area (TPSA) is 79.4 Å². The third-order valence-electron chi connectivity index (χ3n) is 5.04. The molecule has 3 aromatic carbocycles. The van der Waals surface area contributed by atoms with E-state index in [0.29, 0.717) is 16.9 Å². The van der Waals surface area contributed by atoms with Crippen LogP contribution in [0.25, 0.3) is 10.8 Å². The molecule has 1 N–H and O–H groups in total. The Morgan fingerprint density at radius 1 is 0.800 bits per heavy atom. The molecular formula is C24H15N3O3. The Labute approximate surface area is 171 Å². The van der Waals surface area contributed by atoms with Crippen molar-refractivity contribution < 1.29 is 14.4 Å². The van der Waals surface area contributed by atoms with Crippen molar-refractivity contribution in [3.63, 3.8) is 0 Å². The Bertz CT molecular complexity index is 1290. The lowest BCUT2D eigenvalue weighted by atomic mass is 10.1. The predicted molar refractivity (Wildman–Crippen MR) is 114 cm³/mol. The quantitative estimate of drug-likeness (QED) is 0.527. The zero-order valence-electron chi connectivity index (χ0n) is 15.7. The molecular weight excluding hydrogens is 378 g/mol. The number of nitrogens with zero attached hydrogens (tertiary/aromatic N) is 2. The van der Waals surface area contributed by atoms with E-state index in [-0.39, 0.29) is 17.2 Å². The normalized spacial score (nSPS) is 12.9. The number of carbonyl (C=O) groups is 3. The Kier molecular flexibility index (Phi) is 4.10. The van der Waals surface area contributed by atoms with Crippen LogP contribution in [-0.4, -0.2) is 22.7 Å². The summed E-state index contributed by atoms with van der Waals surface area (Å²) in [6, 6.07) is 23.1. The summed E-state index contributed by atoms with van der Waals surface area (Å²) in [5.41, 5.74) is 1.92. The largest absolute Gasteiger partial charge is 0.322 e. The van der Waals surface area contributed by atoms with E-state index in [1.807, 2.05) is 42.5 Å². The second kappa shape index (κ2) is 6.93. The third kappa shape index (κ3) is 2.91. The van der Waals surface area contributed by atoms with Gasteiger partial charge in [0.05, 0.1) is 11.3 Å². The number of imide groups is 1. The van der Waals surface area contributed by atoms with Crippen LogP contribution < -0.4 is 10.2 Å². The lowest BCUT2D eigenvalue weighted by Gasteiger charge is -2.14. The molecule has 3 amide bonds. The maximum Gasteiger partial charge on any atom is 0.284 e. The van der Waals surface area contributed by atoms with Crippen LogP contribution in [0.3, 0.4) is 0 Å². The molecule has 6 heteroatoms. The fourth-order valence-electron chi connectivity index (χ4n) is 3.53. The molecule has 1 aliphatic heterocycles. The summed E-state index contributed by atoms with van der Waals surface area (Å²) in [4.78, 5) is 42.8. The van der Waals surface area contributed by atoms with Crippen LogP contribution in [-0.2, 0) is 0 Å². The van der Waals surface area contributed by atoms with Gasteiger partial charge in [-0.05, 0) is 59.3 Å². The molecule has 0 spiro atoms. The van der Waals surface area contributed by atoms with Crippen LogP contribution in [0.5, 0.6) is 0 Å². The van der Waals surface area contributed by atoms with E-state index in [1.165, 1.54) is 6.20 Å². The summed E-state index contributed by atoms with van der Waals surface area (Å²) < 4.78 is 0. The van der Waals surface area contributed by atoms with Crippen molar-refractivity contribution >= 4 is 39.9 Å². The number of amides is 3. The number of hydrogen-bond acceptors (Lipinski definition) is 4. The first-order chi connectivity index (χ1) is 14.6. The molecule has 0 saturated carbocycles. The van der Waals surface area contributed by atoms with Gasteiger partial charge in [-0.1, -0.05) is 30.3 Å². The second-order valence-electron chi connectivity index (χ2n) is 6.91. The number of pyridine rings is 1. The minimum Gasteiger partial charge on any atom is -0.322 e. The number of benzene rings is 3. The minimum atomic E-state index is -0.469. The van der Waals surface area contributed by atoms with Crippen molar-refractivity contribution in [2.24, 2.45) is 0 Å². The average Bonchev–Trinajstić information content (AvgIpc) is 3.04. The summed E-state index contributed by atoms with van der Waals surface area (Å²) in [7, 11) is 0. The number of aromatic nitrogens is 1. The molecule has 30 heavy (non-hydrogen) atoms. The highest BCUT2D eigenvalue weighted by atomic mass is 16.2. The van der Waals surface area contributed by atoms with E-state index >= 15 is 0 Å². The SMILES string of the molecule is O=C(Nc1ccc2ccccc2c1)c1ccc(N2C(=O)c3cccnc3C2=O)cc1. The van der Waals surface area contributed by atoms with Gasteiger partial charge in [0.15, 0.2) is 0 Å². The van der Waals surface area contributed by atoms with Gasteiger partial charge in [-0.3, -0.25) is 19.4 Å². The standard InChI is InChI=1S/C24H15N3O3/c28-22(26-18-10-7-15-4-1-2-5-17(15)14-18)16-8-11-19(12-9-16)27-23(29)20-6-3-13-25-21(20)24(27)30/h1-14H,(H,26,28).